The minimum absolute atomic E-state index is 0.424. The van der Waals surface area contributed by atoms with Gasteiger partial charge in [-0.1, -0.05) is 30.4 Å². The second-order valence-corrected chi connectivity index (χ2v) is 3.81. The Morgan fingerprint density at radius 2 is 1.83 bits per heavy atom. The van der Waals surface area contributed by atoms with Crippen molar-refractivity contribution < 1.29 is 4.79 Å². The number of carbonyl (C=O) groups is 1. The molecule has 0 aromatic carbocycles. The molecule has 3 aliphatic carbocycles. The first-order valence-corrected chi connectivity index (χ1v) is 4.44. The SMILES string of the molecule is O=CC1=C[C@H]2C=C[C@H]3C=C[C@@H]1[C@H]32. The summed E-state index contributed by atoms with van der Waals surface area (Å²) in [5.74, 6) is 2.22. The molecule has 3 aliphatic rings. The van der Waals surface area contributed by atoms with E-state index in [1.807, 2.05) is 0 Å². The molecular formula is C11H10O. The lowest BCUT2D eigenvalue weighted by Gasteiger charge is -2.15. The zero-order valence-electron chi connectivity index (χ0n) is 6.68. The van der Waals surface area contributed by atoms with Crippen LogP contribution in [0.5, 0.6) is 0 Å². The van der Waals surface area contributed by atoms with Crippen molar-refractivity contribution in [1.29, 1.82) is 0 Å². The first-order chi connectivity index (χ1) is 5.90. The van der Waals surface area contributed by atoms with Crippen LogP contribution in [0.1, 0.15) is 0 Å². The lowest BCUT2D eigenvalue weighted by molar-refractivity contribution is -0.105. The quantitative estimate of drug-likeness (QED) is 0.419. The summed E-state index contributed by atoms with van der Waals surface area (Å²) in [4.78, 5) is 10.7. The summed E-state index contributed by atoms with van der Waals surface area (Å²) in [5, 5.41) is 0. The molecule has 3 rings (SSSR count). The van der Waals surface area contributed by atoms with E-state index in [0.717, 1.165) is 11.9 Å². The van der Waals surface area contributed by atoms with Crippen molar-refractivity contribution in [3.05, 3.63) is 36.0 Å². The molecule has 0 unspecified atom stereocenters. The third-order valence-corrected chi connectivity index (χ3v) is 3.31. The van der Waals surface area contributed by atoms with Crippen LogP contribution >= 0.6 is 0 Å². The minimum Gasteiger partial charge on any atom is -0.298 e. The largest absolute Gasteiger partial charge is 0.298 e. The van der Waals surface area contributed by atoms with Gasteiger partial charge in [-0.05, 0) is 23.3 Å². The highest BCUT2D eigenvalue weighted by Gasteiger charge is 2.43. The maximum absolute atomic E-state index is 10.7. The molecule has 0 radical (unpaired) electrons. The average Bonchev–Trinajstić information content (AvgIpc) is 2.72. The van der Waals surface area contributed by atoms with Crippen molar-refractivity contribution in [2.75, 3.05) is 0 Å². The van der Waals surface area contributed by atoms with Crippen LogP contribution in [0, 0.1) is 23.7 Å². The van der Waals surface area contributed by atoms with E-state index < -0.39 is 0 Å². The zero-order chi connectivity index (χ0) is 8.13. The van der Waals surface area contributed by atoms with Crippen LogP contribution in [0.15, 0.2) is 36.0 Å². The Bertz CT molecular complexity index is 322. The minimum atomic E-state index is 0.424. The van der Waals surface area contributed by atoms with Gasteiger partial charge in [-0.15, -0.1) is 0 Å². The fraction of sp³-hybridized carbons (Fsp3) is 0.364. The third-order valence-electron chi connectivity index (χ3n) is 3.31. The summed E-state index contributed by atoms with van der Waals surface area (Å²) >= 11 is 0. The molecule has 1 nitrogen and oxygen atoms in total. The fourth-order valence-electron chi connectivity index (χ4n) is 2.77. The van der Waals surface area contributed by atoms with Gasteiger partial charge in [-0.25, -0.2) is 0 Å². The number of aldehydes is 1. The summed E-state index contributed by atoms with van der Waals surface area (Å²) in [7, 11) is 0. The summed E-state index contributed by atoms with van der Waals surface area (Å²) in [6.07, 6.45) is 12.1. The predicted octanol–water partition coefficient (Wildman–Crippen LogP) is 1.73. The van der Waals surface area contributed by atoms with Gasteiger partial charge in [0.25, 0.3) is 0 Å². The molecule has 4 atom stereocenters. The number of allylic oxidation sites excluding steroid dienone is 6. The van der Waals surface area contributed by atoms with Crippen molar-refractivity contribution >= 4 is 6.29 Å². The Morgan fingerprint density at radius 3 is 2.67 bits per heavy atom. The van der Waals surface area contributed by atoms with Crippen LogP contribution < -0.4 is 0 Å². The molecule has 0 saturated heterocycles. The van der Waals surface area contributed by atoms with E-state index in [9.17, 15) is 4.79 Å². The predicted molar refractivity (Wildman–Crippen MR) is 46.4 cm³/mol. The number of hydrogen-bond donors (Lipinski definition) is 0. The Balaban J connectivity index is 2.10. The Hall–Kier alpha value is -1.11. The third kappa shape index (κ3) is 0.580. The summed E-state index contributed by atoms with van der Waals surface area (Å²) < 4.78 is 0. The molecule has 0 spiro atoms. The molecule has 1 heteroatoms. The highest BCUT2D eigenvalue weighted by molar-refractivity contribution is 5.77. The molecule has 0 bridgehead atoms. The summed E-state index contributed by atoms with van der Waals surface area (Å²) in [5.41, 5.74) is 0.994. The maximum atomic E-state index is 10.7. The molecule has 0 fully saturated rings. The highest BCUT2D eigenvalue weighted by atomic mass is 16.1. The van der Waals surface area contributed by atoms with Gasteiger partial charge in [-0.3, -0.25) is 4.79 Å². The standard InChI is InChI=1S/C11H10O/c12-6-9-5-8-2-1-7-3-4-10(9)11(7)8/h1-8,10-11H/t7-,8+,10-,11+/m0/s1. The van der Waals surface area contributed by atoms with Crippen LogP contribution in [0.25, 0.3) is 0 Å². The van der Waals surface area contributed by atoms with E-state index in [0.29, 0.717) is 23.7 Å². The average molecular weight is 158 g/mol. The van der Waals surface area contributed by atoms with Crippen LogP contribution in [0.3, 0.4) is 0 Å². The molecule has 0 amide bonds. The fourth-order valence-corrected chi connectivity index (χ4v) is 2.77. The number of carbonyl (C=O) groups excluding carboxylic acids is 1. The molecule has 0 aromatic rings. The van der Waals surface area contributed by atoms with Gasteiger partial charge in [0.2, 0.25) is 0 Å². The van der Waals surface area contributed by atoms with Gasteiger partial charge in [0.05, 0.1) is 0 Å². The van der Waals surface area contributed by atoms with Gasteiger partial charge in [0.15, 0.2) is 0 Å². The van der Waals surface area contributed by atoms with Gasteiger partial charge < -0.3 is 0 Å². The van der Waals surface area contributed by atoms with Crippen LogP contribution in [0.2, 0.25) is 0 Å². The van der Waals surface area contributed by atoms with Crippen molar-refractivity contribution in [2.24, 2.45) is 23.7 Å². The normalized spacial score (nSPS) is 46.5. The number of hydrogen-bond acceptors (Lipinski definition) is 1. The van der Waals surface area contributed by atoms with Crippen LogP contribution in [-0.2, 0) is 4.79 Å². The number of rotatable bonds is 1. The molecule has 12 heavy (non-hydrogen) atoms. The lowest BCUT2D eigenvalue weighted by atomic mass is 9.87. The van der Waals surface area contributed by atoms with Crippen molar-refractivity contribution in [1.82, 2.24) is 0 Å². The van der Waals surface area contributed by atoms with Crippen molar-refractivity contribution in [3.63, 3.8) is 0 Å². The smallest absolute Gasteiger partial charge is 0.146 e. The van der Waals surface area contributed by atoms with E-state index in [2.05, 4.69) is 30.4 Å². The summed E-state index contributed by atoms with van der Waals surface area (Å²) in [6.45, 7) is 0. The highest BCUT2D eigenvalue weighted by Crippen LogP contribution is 2.50. The van der Waals surface area contributed by atoms with Crippen molar-refractivity contribution in [2.45, 2.75) is 0 Å². The molecule has 0 heterocycles. The molecule has 0 aliphatic heterocycles. The lowest BCUT2D eigenvalue weighted by Crippen LogP contribution is -2.12. The molecular weight excluding hydrogens is 148 g/mol. The van der Waals surface area contributed by atoms with Gasteiger partial charge in [0, 0.05) is 5.92 Å². The van der Waals surface area contributed by atoms with Crippen molar-refractivity contribution in [3.8, 4) is 0 Å². The van der Waals surface area contributed by atoms with Crippen LogP contribution in [-0.4, -0.2) is 6.29 Å². The van der Waals surface area contributed by atoms with E-state index in [1.165, 1.54) is 0 Å². The van der Waals surface area contributed by atoms with Gasteiger partial charge in [0.1, 0.15) is 6.29 Å². The summed E-state index contributed by atoms with van der Waals surface area (Å²) in [6, 6.07) is 0. The van der Waals surface area contributed by atoms with Gasteiger partial charge in [-0.2, -0.15) is 0 Å². The van der Waals surface area contributed by atoms with Crippen LogP contribution in [0.4, 0.5) is 0 Å². The zero-order valence-corrected chi connectivity index (χ0v) is 6.68. The Labute approximate surface area is 71.5 Å². The second kappa shape index (κ2) is 1.98. The first-order valence-electron chi connectivity index (χ1n) is 4.44. The maximum Gasteiger partial charge on any atom is 0.146 e. The monoisotopic (exact) mass is 158 g/mol. The second-order valence-electron chi connectivity index (χ2n) is 3.81. The first kappa shape index (κ1) is 6.41. The molecule has 0 aromatic heterocycles. The van der Waals surface area contributed by atoms with E-state index >= 15 is 0 Å². The Morgan fingerprint density at radius 1 is 1.08 bits per heavy atom. The molecule has 0 N–H and O–H groups in total. The Kier molecular flexibility index (Phi) is 1.06. The molecule has 60 valence electrons. The molecule has 0 saturated carbocycles. The van der Waals surface area contributed by atoms with E-state index in [4.69, 9.17) is 0 Å². The van der Waals surface area contributed by atoms with E-state index in [-0.39, 0.29) is 0 Å². The van der Waals surface area contributed by atoms with Gasteiger partial charge >= 0.3 is 0 Å². The van der Waals surface area contributed by atoms with E-state index in [1.54, 1.807) is 0 Å². The topological polar surface area (TPSA) is 17.1 Å².